The molecule has 20 heavy (non-hydrogen) atoms. The van der Waals surface area contributed by atoms with Gasteiger partial charge < -0.3 is 15.5 Å². The number of para-hydroxylation sites is 1. The molecule has 5 heteroatoms. The predicted molar refractivity (Wildman–Crippen MR) is 77.9 cm³/mol. The van der Waals surface area contributed by atoms with Gasteiger partial charge in [-0.25, -0.2) is 4.79 Å². The Labute approximate surface area is 117 Å². The number of aliphatic carboxylic acids is 1. The van der Waals surface area contributed by atoms with E-state index in [1.165, 1.54) is 6.92 Å². The number of hydrogen-bond donors (Lipinski definition) is 3. The molecule has 1 aromatic carbocycles. The molecule has 2 aromatic rings. The summed E-state index contributed by atoms with van der Waals surface area (Å²) in [5.41, 5.74) is 0.746. The lowest BCUT2D eigenvalue weighted by atomic mass is 10.1. The Morgan fingerprint density at radius 1 is 1.40 bits per heavy atom. The van der Waals surface area contributed by atoms with Gasteiger partial charge in [-0.2, -0.15) is 0 Å². The third-order valence-electron chi connectivity index (χ3n) is 3.22. The number of carboxylic acids is 1. The van der Waals surface area contributed by atoms with Crippen molar-refractivity contribution in [2.24, 2.45) is 0 Å². The number of aryl methyl sites for hydroxylation is 1. The van der Waals surface area contributed by atoms with Crippen LogP contribution >= 0.6 is 0 Å². The molecule has 1 unspecified atom stereocenters. The molecule has 3 N–H and O–H groups in total. The fourth-order valence-corrected chi connectivity index (χ4v) is 1.90. The number of aromatic nitrogens is 1. The van der Waals surface area contributed by atoms with Crippen LogP contribution in [0.5, 0.6) is 0 Å². The molecule has 0 saturated heterocycles. The maximum Gasteiger partial charge on any atom is 0.337 e. The minimum absolute atomic E-state index is 0.0699. The first kappa shape index (κ1) is 14.3. The minimum Gasteiger partial charge on any atom is -0.479 e. The Hall–Kier alpha value is -2.14. The van der Waals surface area contributed by atoms with Crippen LogP contribution in [0.4, 0.5) is 5.69 Å². The fraction of sp³-hybridized carbons (Fsp3) is 0.333. The first-order chi connectivity index (χ1) is 9.44. The standard InChI is InChI=1S/C15H18N2O3/c1-3-10-8-13(16-9-15(2,20)14(18)19)11-6-4-5-7-12(11)17-10/h4-8,20H,3,9H2,1-2H3,(H,16,17)(H,18,19). The Morgan fingerprint density at radius 2 is 2.10 bits per heavy atom. The number of nitrogens with zero attached hydrogens (tertiary/aromatic N) is 1. The van der Waals surface area contributed by atoms with Gasteiger partial charge in [0, 0.05) is 16.8 Å². The summed E-state index contributed by atoms with van der Waals surface area (Å²) >= 11 is 0. The summed E-state index contributed by atoms with van der Waals surface area (Å²) in [6, 6.07) is 9.52. The first-order valence-corrected chi connectivity index (χ1v) is 6.52. The Balaban J connectivity index is 2.36. The largest absolute Gasteiger partial charge is 0.479 e. The molecule has 106 valence electrons. The third kappa shape index (κ3) is 2.88. The SMILES string of the molecule is CCc1cc(NCC(C)(O)C(=O)O)c2ccccc2n1. The fourth-order valence-electron chi connectivity index (χ4n) is 1.90. The van der Waals surface area contributed by atoms with Crippen LogP contribution in [-0.2, 0) is 11.2 Å². The zero-order valence-electron chi connectivity index (χ0n) is 11.6. The number of aliphatic hydroxyl groups is 1. The van der Waals surface area contributed by atoms with Crippen LogP contribution in [0.3, 0.4) is 0 Å². The van der Waals surface area contributed by atoms with Crippen LogP contribution in [0, 0.1) is 0 Å². The van der Waals surface area contributed by atoms with Crippen molar-refractivity contribution in [1.82, 2.24) is 4.98 Å². The lowest BCUT2D eigenvalue weighted by Gasteiger charge is -2.20. The van der Waals surface area contributed by atoms with E-state index in [1.54, 1.807) is 0 Å². The molecule has 0 bridgehead atoms. The van der Waals surface area contributed by atoms with Crippen molar-refractivity contribution >= 4 is 22.6 Å². The second-order valence-corrected chi connectivity index (χ2v) is 4.96. The van der Waals surface area contributed by atoms with Crippen LogP contribution in [-0.4, -0.2) is 33.3 Å². The van der Waals surface area contributed by atoms with E-state index in [2.05, 4.69) is 10.3 Å². The highest BCUT2D eigenvalue weighted by molar-refractivity contribution is 5.91. The van der Waals surface area contributed by atoms with Gasteiger partial charge in [-0.05, 0) is 25.5 Å². The van der Waals surface area contributed by atoms with Crippen molar-refractivity contribution in [2.75, 3.05) is 11.9 Å². The molecular formula is C15H18N2O3. The van der Waals surface area contributed by atoms with E-state index in [9.17, 15) is 9.90 Å². The van der Waals surface area contributed by atoms with Gasteiger partial charge in [-0.15, -0.1) is 0 Å². The number of fused-ring (bicyclic) bond motifs is 1. The lowest BCUT2D eigenvalue weighted by molar-refractivity contribution is -0.155. The highest BCUT2D eigenvalue weighted by Crippen LogP contribution is 2.24. The summed E-state index contributed by atoms with van der Waals surface area (Å²) in [4.78, 5) is 15.4. The normalized spacial score (nSPS) is 13.9. The van der Waals surface area contributed by atoms with Gasteiger partial charge in [0.1, 0.15) is 0 Å². The maximum atomic E-state index is 10.9. The molecule has 1 atom stereocenters. The van der Waals surface area contributed by atoms with Gasteiger partial charge >= 0.3 is 5.97 Å². The van der Waals surface area contributed by atoms with E-state index in [1.807, 2.05) is 37.3 Å². The number of carboxylic acid groups (broad SMARTS) is 1. The van der Waals surface area contributed by atoms with Crippen LogP contribution in [0.25, 0.3) is 10.9 Å². The minimum atomic E-state index is -1.81. The van der Waals surface area contributed by atoms with Gasteiger partial charge in [0.2, 0.25) is 0 Å². The monoisotopic (exact) mass is 274 g/mol. The quantitative estimate of drug-likeness (QED) is 0.777. The Morgan fingerprint density at radius 3 is 2.75 bits per heavy atom. The van der Waals surface area contributed by atoms with Crippen molar-refractivity contribution in [3.8, 4) is 0 Å². The molecule has 0 spiro atoms. The smallest absolute Gasteiger partial charge is 0.337 e. The van der Waals surface area contributed by atoms with E-state index in [0.29, 0.717) is 0 Å². The number of hydrogen-bond acceptors (Lipinski definition) is 4. The molecule has 0 saturated carbocycles. The maximum absolute atomic E-state index is 10.9. The number of carbonyl (C=O) groups is 1. The molecule has 0 aliphatic heterocycles. The summed E-state index contributed by atoms with van der Waals surface area (Å²) in [5.74, 6) is -1.25. The van der Waals surface area contributed by atoms with Gasteiger partial charge in [-0.1, -0.05) is 25.1 Å². The van der Waals surface area contributed by atoms with Gasteiger partial charge in [-0.3, -0.25) is 4.98 Å². The highest BCUT2D eigenvalue weighted by Gasteiger charge is 2.29. The van der Waals surface area contributed by atoms with Crippen molar-refractivity contribution in [2.45, 2.75) is 25.9 Å². The van der Waals surface area contributed by atoms with Crippen LogP contribution < -0.4 is 5.32 Å². The van der Waals surface area contributed by atoms with E-state index in [-0.39, 0.29) is 6.54 Å². The van der Waals surface area contributed by atoms with Gasteiger partial charge in [0.25, 0.3) is 0 Å². The molecule has 0 amide bonds. The van der Waals surface area contributed by atoms with Crippen molar-refractivity contribution in [3.05, 3.63) is 36.0 Å². The number of pyridine rings is 1. The van der Waals surface area contributed by atoms with Crippen LogP contribution in [0.15, 0.2) is 30.3 Å². The van der Waals surface area contributed by atoms with E-state index >= 15 is 0 Å². The average Bonchev–Trinajstić information content (AvgIpc) is 2.44. The highest BCUT2D eigenvalue weighted by atomic mass is 16.4. The molecule has 2 rings (SSSR count). The second kappa shape index (κ2) is 5.46. The number of anilines is 1. The molecule has 0 fully saturated rings. The zero-order valence-corrected chi connectivity index (χ0v) is 11.6. The third-order valence-corrected chi connectivity index (χ3v) is 3.22. The number of nitrogens with one attached hydrogen (secondary N) is 1. The van der Waals surface area contributed by atoms with Gasteiger partial charge in [0.05, 0.1) is 12.1 Å². The van der Waals surface area contributed by atoms with Crippen molar-refractivity contribution in [1.29, 1.82) is 0 Å². The van der Waals surface area contributed by atoms with Gasteiger partial charge in [0.15, 0.2) is 5.60 Å². The Bertz CT molecular complexity index is 638. The molecule has 1 heterocycles. The number of benzene rings is 1. The second-order valence-electron chi connectivity index (χ2n) is 4.96. The van der Waals surface area contributed by atoms with E-state index < -0.39 is 11.6 Å². The van der Waals surface area contributed by atoms with Crippen molar-refractivity contribution < 1.29 is 15.0 Å². The summed E-state index contributed by atoms with van der Waals surface area (Å²) in [6.45, 7) is 3.21. The van der Waals surface area contributed by atoms with Crippen LogP contribution in [0.1, 0.15) is 19.5 Å². The Kier molecular flexibility index (Phi) is 3.90. The molecular weight excluding hydrogens is 256 g/mol. The number of rotatable bonds is 5. The molecule has 0 aliphatic rings. The summed E-state index contributed by atoms with van der Waals surface area (Å²) < 4.78 is 0. The summed E-state index contributed by atoms with van der Waals surface area (Å²) in [7, 11) is 0. The molecule has 1 aromatic heterocycles. The lowest BCUT2D eigenvalue weighted by Crippen LogP contribution is -2.41. The average molecular weight is 274 g/mol. The van der Waals surface area contributed by atoms with E-state index in [4.69, 9.17) is 5.11 Å². The molecule has 5 nitrogen and oxygen atoms in total. The predicted octanol–water partition coefficient (Wildman–Crippen LogP) is 2.04. The first-order valence-electron chi connectivity index (χ1n) is 6.52. The summed E-state index contributed by atoms with van der Waals surface area (Å²) in [6.07, 6.45) is 0.787. The zero-order chi connectivity index (χ0) is 14.8. The summed E-state index contributed by atoms with van der Waals surface area (Å²) in [5, 5.41) is 22.6. The van der Waals surface area contributed by atoms with E-state index in [0.717, 1.165) is 28.7 Å². The molecule has 0 radical (unpaired) electrons. The topological polar surface area (TPSA) is 82.5 Å². The van der Waals surface area contributed by atoms with Crippen molar-refractivity contribution in [3.63, 3.8) is 0 Å². The van der Waals surface area contributed by atoms with Crippen LogP contribution in [0.2, 0.25) is 0 Å². The molecule has 0 aliphatic carbocycles.